The number of nitrogens with two attached hydrogens (primary N) is 1. The second-order valence-electron chi connectivity index (χ2n) is 4.84. The smallest absolute Gasteiger partial charge is 0.374 e. The topological polar surface area (TPSA) is 38.5 Å². The fourth-order valence-corrected chi connectivity index (χ4v) is 2.66. The molecular weight excluding hydrogens is 269 g/mol. The van der Waals surface area contributed by atoms with Gasteiger partial charge in [0, 0.05) is 13.1 Å². The summed E-state index contributed by atoms with van der Waals surface area (Å²) in [5, 5.41) is 0. The van der Waals surface area contributed by atoms with Crippen molar-refractivity contribution in [2.24, 2.45) is 5.73 Å². The van der Waals surface area contributed by atoms with Crippen LogP contribution in [0.4, 0.5) is 13.2 Å². The number of nitrogens with zero attached hydrogens (tertiary/aromatic N) is 1. The first-order valence-corrected chi connectivity index (χ1v) is 6.70. The molecule has 1 aliphatic heterocycles. The van der Waals surface area contributed by atoms with Crippen molar-refractivity contribution in [3.05, 3.63) is 35.4 Å². The molecule has 2 N–H and O–H groups in total. The van der Waals surface area contributed by atoms with E-state index in [1.165, 1.54) is 12.1 Å². The van der Waals surface area contributed by atoms with E-state index in [2.05, 4.69) is 4.90 Å². The fraction of sp³-hybridized carbons (Fsp3) is 0.571. The lowest BCUT2D eigenvalue weighted by Gasteiger charge is -2.40. The molecule has 20 heavy (non-hydrogen) atoms. The van der Waals surface area contributed by atoms with Gasteiger partial charge in [-0.1, -0.05) is 19.1 Å². The zero-order chi connectivity index (χ0) is 14.8. The second-order valence-corrected chi connectivity index (χ2v) is 4.84. The van der Waals surface area contributed by atoms with Crippen molar-refractivity contribution in [2.45, 2.75) is 25.2 Å². The Hall–Kier alpha value is -1.11. The van der Waals surface area contributed by atoms with E-state index in [0.29, 0.717) is 18.7 Å². The third kappa shape index (κ3) is 3.13. The van der Waals surface area contributed by atoms with Crippen LogP contribution in [0.2, 0.25) is 0 Å². The maximum Gasteiger partial charge on any atom is 0.416 e. The van der Waals surface area contributed by atoms with Crippen molar-refractivity contribution < 1.29 is 17.9 Å². The summed E-state index contributed by atoms with van der Waals surface area (Å²) in [5.74, 6) is 0. The Kier molecular flexibility index (Phi) is 4.67. The first kappa shape index (κ1) is 15.3. The molecule has 1 fully saturated rings. The normalized spacial score (nSPS) is 24.9. The number of hydrogen-bond donors (Lipinski definition) is 1. The largest absolute Gasteiger partial charge is 0.416 e. The standard InChI is InChI=1S/C14H19F3N2O/c1-2-19-6-7-20-12(9-18)13(19)10-4-3-5-11(8-10)14(15,16)17/h3-5,8,12-13H,2,6-7,9,18H2,1H3. The lowest BCUT2D eigenvalue weighted by atomic mass is 9.96. The van der Waals surface area contributed by atoms with Crippen molar-refractivity contribution in [2.75, 3.05) is 26.2 Å². The molecule has 3 nitrogen and oxygen atoms in total. The lowest BCUT2D eigenvalue weighted by Crippen LogP contribution is -2.48. The van der Waals surface area contributed by atoms with Crippen molar-refractivity contribution in [3.63, 3.8) is 0 Å². The van der Waals surface area contributed by atoms with Crippen LogP contribution in [0.15, 0.2) is 24.3 Å². The average Bonchev–Trinajstić information content (AvgIpc) is 2.45. The van der Waals surface area contributed by atoms with Gasteiger partial charge in [0.15, 0.2) is 0 Å². The van der Waals surface area contributed by atoms with Gasteiger partial charge in [-0.3, -0.25) is 4.90 Å². The van der Waals surface area contributed by atoms with Crippen LogP contribution >= 0.6 is 0 Å². The maximum atomic E-state index is 12.8. The molecule has 0 aromatic heterocycles. The Morgan fingerprint density at radius 1 is 1.40 bits per heavy atom. The summed E-state index contributed by atoms with van der Waals surface area (Å²) in [7, 11) is 0. The molecule has 0 saturated carbocycles. The molecule has 0 spiro atoms. The monoisotopic (exact) mass is 288 g/mol. The Balaban J connectivity index is 2.35. The Labute approximate surface area is 116 Å². The van der Waals surface area contributed by atoms with Crippen LogP contribution in [0, 0.1) is 0 Å². The molecule has 1 saturated heterocycles. The van der Waals surface area contributed by atoms with E-state index in [0.717, 1.165) is 12.6 Å². The number of rotatable bonds is 3. The minimum atomic E-state index is -4.33. The predicted octanol–water partition coefficient (Wildman–Crippen LogP) is 2.43. The van der Waals surface area contributed by atoms with Crippen LogP contribution in [0.25, 0.3) is 0 Å². The van der Waals surface area contributed by atoms with E-state index in [1.54, 1.807) is 6.07 Å². The summed E-state index contributed by atoms with van der Waals surface area (Å²) in [4.78, 5) is 2.11. The van der Waals surface area contributed by atoms with Crippen molar-refractivity contribution >= 4 is 0 Å². The van der Waals surface area contributed by atoms with Crippen molar-refractivity contribution in [1.29, 1.82) is 0 Å². The Bertz CT molecular complexity index is 438. The first-order valence-electron chi connectivity index (χ1n) is 6.70. The van der Waals surface area contributed by atoms with Crippen molar-refractivity contribution in [1.82, 2.24) is 4.90 Å². The second kappa shape index (κ2) is 6.11. The highest BCUT2D eigenvalue weighted by atomic mass is 19.4. The van der Waals surface area contributed by atoms with Crippen LogP contribution in [-0.2, 0) is 10.9 Å². The molecule has 6 heteroatoms. The number of morpholine rings is 1. The summed E-state index contributed by atoms with van der Waals surface area (Å²) in [5.41, 5.74) is 5.67. The molecule has 2 unspecified atom stereocenters. The van der Waals surface area contributed by atoms with E-state index in [4.69, 9.17) is 10.5 Å². The zero-order valence-corrected chi connectivity index (χ0v) is 11.4. The lowest BCUT2D eigenvalue weighted by molar-refractivity contribution is -0.137. The summed E-state index contributed by atoms with van der Waals surface area (Å²) in [6.07, 6.45) is -4.60. The van der Waals surface area contributed by atoms with E-state index in [9.17, 15) is 13.2 Å². The third-order valence-electron chi connectivity index (χ3n) is 3.65. The van der Waals surface area contributed by atoms with Crippen LogP contribution in [0.1, 0.15) is 24.1 Å². The average molecular weight is 288 g/mol. The third-order valence-corrected chi connectivity index (χ3v) is 3.65. The van der Waals surface area contributed by atoms with Gasteiger partial charge >= 0.3 is 6.18 Å². The predicted molar refractivity (Wildman–Crippen MR) is 70.2 cm³/mol. The number of halogens is 3. The molecule has 1 aliphatic rings. The summed E-state index contributed by atoms with van der Waals surface area (Å²) in [6.45, 7) is 4.29. The molecular formula is C14H19F3N2O. The van der Waals surface area contributed by atoms with E-state index < -0.39 is 11.7 Å². The van der Waals surface area contributed by atoms with Crippen LogP contribution in [0.3, 0.4) is 0 Å². The minimum Gasteiger partial charge on any atom is -0.374 e. The molecule has 0 amide bonds. The van der Waals surface area contributed by atoms with Crippen LogP contribution in [-0.4, -0.2) is 37.2 Å². The molecule has 1 aromatic rings. The van der Waals surface area contributed by atoms with Gasteiger partial charge in [-0.05, 0) is 24.2 Å². The van der Waals surface area contributed by atoms with Gasteiger partial charge in [-0.15, -0.1) is 0 Å². The van der Waals surface area contributed by atoms with Crippen molar-refractivity contribution in [3.8, 4) is 0 Å². The van der Waals surface area contributed by atoms with Gasteiger partial charge < -0.3 is 10.5 Å². The Morgan fingerprint density at radius 2 is 2.15 bits per heavy atom. The molecule has 0 aliphatic carbocycles. The van der Waals surface area contributed by atoms with Gasteiger partial charge in [-0.25, -0.2) is 0 Å². The van der Waals surface area contributed by atoms with E-state index >= 15 is 0 Å². The molecule has 2 atom stereocenters. The Morgan fingerprint density at radius 3 is 2.75 bits per heavy atom. The number of ether oxygens (including phenoxy) is 1. The molecule has 2 rings (SSSR count). The molecule has 0 bridgehead atoms. The maximum absolute atomic E-state index is 12.8. The van der Waals surface area contributed by atoms with Gasteiger partial charge in [0.05, 0.1) is 24.3 Å². The number of hydrogen-bond acceptors (Lipinski definition) is 3. The van der Waals surface area contributed by atoms with Gasteiger partial charge in [0.1, 0.15) is 0 Å². The summed E-state index contributed by atoms with van der Waals surface area (Å²) in [6, 6.07) is 5.21. The van der Waals surface area contributed by atoms with Gasteiger partial charge in [0.25, 0.3) is 0 Å². The quantitative estimate of drug-likeness (QED) is 0.928. The summed E-state index contributed by atoms with van der Waals surface area (Å²) < 4.78 is 44.1. The van der Waals surface area contributed by atoms with E-state index in [1.807, 2.05) is 6.92 Å². The molecule has 0 radical (unpaired) electrons. The number of likely N-dealkylation sites (N-methyl/N-ethyl adjacent to an activating group) is 1. The molecule has 112 valence electrons. The fourth-order valence-electron chi connectivity index (χ4n) is 2.66. The number of alkyl halides is 3. The highest BCUT2D eigenvalue weighted by Gasteiger charge is 2.35. The molecule has 1 heterocycles. The molecule has 1 aromatic carbocycles. The first-order chi connectivity index (χ1) is 9.47. The van der Waals surface area contributed by atoms with Gasteiger partial charge in [0.2, 0.25) is 0 Å². The van der Waals surface area contributed by atoms with E-state index in [-0.39, 0.29) is 18.7 Å². The zero-order valence-electron chi connectivity index (χ0n) is 11.4. The van der Waals surface area contributed by atoms with Crippen LogP contribution < -0.4 is 5.73 Å². The van der Waals surface area contributed by atoms with Gasteiger partial charge in [-0.2, -0.15) is 13.2 Å². The number of benzene rings is 1. The summed E-state index contributed by atoms with van der Waals surface area (Å²) >= 11 is 0. The highest BCUT2D eigenvalue weighted by Crippen LogP contribution is 2.34. The highest BCUT2D eigenvalue weighted by molar-refractivity contribution is 5.29. The minimum absolute atomic E-state index is 0.221. The SMILES string of the molecule is CCN1CCOC(CN)C1c1cccc(C(F)(F)F)c1. The van der Waals surface area contributed by atoms with Crippen LogP contribution in [0.5, 0.6) is 0 Å².